The van der Waals surface area contributed by atoms with E-state index < -0.39 is 12.6 Å². The summed E-state index contributed by atoms with van der Waals surface area (Å²) in [5, 5.41) is 8.72. The highest BCUT2D eigenvalue weighted by Crippen LogP contribution is 2.36. The van der Waals surface area contributed by atoms with Gasteiger partial charge in [0.1, 0.15) is 5.75 Å². The van der Waals surface area contributed by atoms with Crippen LogP contribution in [0.2, 0.25) is 0 Å². The van der Waals surface area contributed by atoms with Crippen LogP contribution in [0.5, 0.6) is 17.2 Å². The maximum absolute atomic E-state index is 13.2. The van der Waals surface area contributed by atoms with Crippen molar-refractivity contribution >= 4 is 11.9 Å². The van der Waals surface area contributed by atoms with Crippen molar-refractivity contribution in [1.29, 1.82) is 0 Å². The van der Waals surface area contributed by atoms with Crippen molar-refractivity contribution in [2.75, 3.05) is 13.4 Å². The molecule has 1 aliphatic heterocycles. The number of hydrogen-bond acceptors (Lipinski definition) is 5. The van der Waals surface area contributed by atoms with Crippen molar-refractivity contribution < 1.29 is 28.9 Å². The van der Waals surface area contributed by atoms with E-state index in [9.17, 15) is 9.59 Å². The summed E-state index contributed by atoms with van der Waals surface area (Å²) in [7, 11) is 0. The van der Waals surface area contributed by atoms with Gasteiger partial charge in [-0.05, 0) is 66.9 Å². The molecule has 0 fully saturated rings. The summed E-state index contributed by atoms with van der Waals surface area (Å²) < 4.78 is 16.0. The van der Waals surface area contributed by atoms with E-state index in [-0.39, 0.29) is 18.7 Å². The van der Waals surface area contributed by atoms with Crippen LogP contribution in [-0.4, -0.2) is 41.3 Å². The third-order valence-corrected chi connectivity index (χ3v) is 5.36. The molecule has 0 bridgehead atoms. The van der Waals surface area contributed by atoms with Crippen LogP contribution in [0.3, 0.4) is 0 Å². The van der Waals surface area contributed by atoms with Crippen LogP contribution in [0, 0.1) is 0 Å². The first-order valence-electron chi connectivity index (χ1n) is 10.7. The lowest BCUT2D eigenvalue weighted by Gasteiger charge is -2.27. The largest absolute Gasteiger partial charge is 0.482 e. The first-order chi connectivity index (χ1) is 15.9. The van der Waals surface area contributed by atoms with Gasteiger partial charge >= 0.3 is 5.97 Å². The molecule has 0 atom stereocenters. The molecule has 1 aliphatic rings. The van der Waals surface area contributed by atoms with Gasteiger partial charge in [0, 0.05) is 18.2 Å². The highest BCUT2D eigenvalue weighted by molar-refractivity contribution is 5.95. The van der Waals surface area contributed by atoms with Crippen LogP contribution in [0.15, 0.2) is 66.7 Å². The lowest BCUT2D eigenvalue weighted by molar-refractivity contribution is -0.139. The van der Waals surface area contributed by atoms with Crippen LogP contribution in [0.25, 0.3) is 11.1 Å². The number of benzene rings is 3. The minimum absolute atomic E-state index is 0.00558. The van der Waals surface area contributed by atoms with Gasteiger partial charge in [-0.3, -0.25) is 4.79 Å². The summed E-state index contributed by atoms with van der Waals surface area (Å²) in [4.78, 5) is 25.7. The minimum atomic E-state index is -1.03. The molecule has 4 rings (SSSR count). The predicted molar refractivity (Wildman–Crippen MR) is 123 cm³/mol. The quantitative estimate of drug-likeness (QED) is 0.543. The summed E-state index contributed by atoms with van der Waals surface area (Å²) >= 11 is 0. The van der Waals surface area contributed by atoms with Crippen LogP contribution < -0.4 is 14.2 Å². The maximum Gasteiger partial charge on any atom is 0.341 e. The molecular weight excluding hydrogens is 422 g/mol. The fourth-order valence-corrected chi connectivity index (χ4v) is 3.57. The van der Waals surface area contributed by atoms with Crippen molar-refractivity contribution in [3.05, 3.63) is 77.9 Å². The predicted octanol–water partition coefficient (Wildman–Crippen LogP) is 4.60. The first-order valence-corrected chi connectivity index (χ1v) is 10.7. The molecule has 0 unspecified atom stereocenters. The van der Waals surface area contributed by atoms with E-state index >= 15 is 0 Å². The van der Waals surface area contributed by atoms with Gasteiger partial charge in [-0.15, -0.1) is 0 Å². The van der Waals surface area contributed by atoms with E-state index in [1.54, 1.807) is 17.0 Å². The van der Waals surface area contributed by atoms with E-state index in [0.29, 0.717) is 17.9 Å². The molecule has 0 radical (unpaired) electrons. The average Bonchev–Trinajstić information content (AvgIpc) is 3.29. The Kier molecular flexibility index (Phi) is 6.49. The zero-order valence-electron chi connectivity index (χ0n) is 18.5. The first kappa shape index (κ1) is 22.2. The second-order valence-electron chi connectivity index (χ2n) is 8.00. The number of nitrogens with zero attached hydrogens (tertiary/aromatic N) is 1. The highest BCUT2D eigenvalue weighted by atomic mass is 16.7. The Morgan fingerprint density at radius 3 is 2.27 bits per heavy atom. The second kappa shape index (κ2) is 9.65. The molecule has 1 amide bonds. The van der Waals surface area contributed by atoms with Gasteiger partial charge in [0.05, 0.1) is 0 Å². The molecule has 170 valence electrons. The highest BCUT2D eigenvalue weighted by Gasteiger charge is 2.20. The summed E-state index contributed by atoms with van der Waals surface area (Å²) in [6.07, 6.45) is 0. The minimum Gasteiger partial charge on any atom is -0.482 e. The van der Waals surface area contributed by atoms with Crippen molar-refractivity contribution in [3.63, 3.8) is 0 Å². The topological polar surface area (TPSA) is 85.3 Å². The van der Waals surface area contributed by atoms with Gasteiger partial charge in [-0.25, -0.2) is 4.79 Å². The second-order valence-corrected chi connectivity index (χ2v) is 8.00. The Morgan fingerprint density at radius 1 is 0.939 bits per heavy atom. The molecule has 3 aromatic carbocycles. The monoisotopic (exact) mass is 447 g/mol. The number of ether oxygens (including phenoxy) is 3. The van der Waals surface area contributed by atoms with Crippen LogP contribution in [0.4, 0.5) is 0 Å². The molecule has 3 aromatic rings. The Morgan fingerprint density at radius 2 is 1.61 bits per heavy atom. The Balaban J connectivity index is 1.46. The number of carboxylic acids is 1. The van der Waals surface area contributed by atoms with Crippen molar-refractivity contribution in [2.45, 2.75) is 26.4 Å². The number of amides is 1. The Hall–Kier alpha value is -4.00. The molecule has 0 saturated carbocycles. The summed E-state index contributed by atoms with van der Waals surface area (Å²) in [6, 6.07) is 20.4. The Labute approximate surface area is 192 Å². The number of rotatable bonds is 8. The summed E-state index contributed by atoms with van der Waals surface area (Å²) in [6.45, 7) is 4.22. The fraction of sp³-hybridized carbons (Fsp3) is 0.231. The standard InChI is InChI=1S/C26H25NO6/c1-17(2)27(14-18-3-10-22(11-4-18)31-15-25(28)29)26(30)20-7-5-19(6-8-20)21-9-12-23-24(13-21)33-16-32-23/h3-13,17H,14-16H2,1-2H3,(H,28,29). The molecule has 0 saturated heterocycles. The lowest BCUT2D eigenvalue weighted by atomic mass is 10.0. The molecule has 7 nitrogen and oxygen atoms in total. The number of fused-ring (bicyclic) bond motifs is 1. The molecular formula is C26H25NO6. The Bertz CT molecular complexity index is 1140. The van der Waals surface area contributed by atoms with Gasteiger partial charge in [0.2, 0.25) is 6.79 Å². The van der Waals surface area contributed by atoms with Crippen molar-refractivity contribution in [3.8, 4) is 28.4 Å². The van der Waals surface area contributed by atoms with Crippen LogP contribution in [-0.2, 0) is 11.3 Å². The van der Waals surface area contributed by atoms with E-state index in [2.05, 4.69) is 0 Å². The smallest absolute Gasteiger partial charge is 0.341 e. The van der Waals surface area contributed by atoms with Gasteiger partial charge < -0.3 is 24.2 Å². The molecule has 1 N–H and O–H groups in total. The third kappa shape index (κ3) is 5.26. The molecule has 1 heterocycles. The normalized spacial score (nSPS) is 12.0. The maximum atomic E-state index is 13.2. The van der Waals surface area contributed by atoms with Crippen molar-refractivity contribution in [1.82, 2.24) is 4.90 Å². The summed E-state index contributed by atoms with van der Waals surface area (Å²) in [5.74, 6) is 0.842. The molecule has 7 heteroatoms. The van der Waals surface area contributed by atoms with Crippen molar-refractivity contribution in [2.24, 2.45) is 0 Å². The number of hydrogen-bond donors (Lipinski definition) is 1. The van der Waals surface area contributed by atoms with Gasteiger partial charge in [0.25, 0.3) is 5.91 Å². The molecule has 0 spiro atoms. The van der Waals surface area contributed by atoms with E-state index in [0.717, 1.165) is 28.2 Å². The lowest BCUT2D eigenvalue weighted by Crippen LogP contribution is -2.36. The van der Waals surface area contributed by atoms with Crippen LogP contribution >= 0.6 is 0 Å². The fourth-order valence-electron chi connectivity index (χ4n) is 3.57. The van der Waals surface area contributed by atoms with Gasteiger partial charge in [0.15, 0.2) is 18.1 Å². The molecule has 0 aliphatic carbocycles. The van der Waals surface area contributed by atoms with E-state index in [4.69, 9.17) is 19.3 Å². The zero-order chi connectivity index (χ0) is 23.4. The number of carbonyl (C=O) groups is 2. The SMILES string of the molecule is CC(C)N(Cc1ccc(OCC(=O)O)cc1)C(=O)c1ccc(-c2ccc3c(c2)OCO3)cc1. The van der Waals surface area contributed by atoms with E-state index in [1.165, 1.54) is 0 Å². The number of carbonyl (C=O) groups excluding carboxylic acids is 1. The number of aliphatic carboxylic acids is 1. The average molecular weight is 447 g/mol. The zero-order valence-corrected chi connectivity index (χ0v) is 18.5. The molecule has 0 aromatic heterocycles. The van der Waals surface area contributed by atoms with Gasteiger partial charge in [-0.2, -0.15) is 0 Å². The van der Waals surface area contributed by atoms with E-state index in [1.807, 2.05) is 68.4 Å². The van der Waals surface area contributed by atoms with Gasteiger partial charge in [-0.1, -0.05) is 30.3 Å². The van der Waals surface area contributed by atoms with Crippen LogP contribution in [0.1, 0.15) is 29.8 Å². The number of carboxylic acid groups (broad SMARTS) is 1. The third-order valence-electron chi connectivity index (χ3n) is 5.36. The molecule has 33 heavy (non-hydrogen) atoms. The summed E-state index contributed by atoms with van der Waals surface area (Å²) in [5.41, 5.74) is 3.51.